The summed E-state index contributed by atoms with van der Waals surface area (Å²) >= 11 is 0. The first kappa shape index (κ1) is 17.6. The molecule has 0 aromatic heterocycles. The largest absolute Gasteiger partial charge is 0.493 e. The van der Waals surface area contributed by atoms with Crippen molar-refractivity contribution >= 4 is 18.4 Å². The quantitative estimate of drug-likeness (QED) is 0.858. The Balaban J connectivity index is 0.00000220. The van der Waals surface area contributed by atoms with Crippen LogP contribution in [0.1, 0.15) is 10.4 Å². The number of ether oxygens (including phenoxy) is 3. The van der Waals surface area contributed by atoms with Gasteiger partial charge in [-0.15, -0.1) is 12.4 Å². The van der Waals surface area contributed by atoms with Gasteiger partial charge in [0, 0.05) is 19.6 Å². The van der Waals surface area contributed by atoms with Gasteiger partial charge < -0.3 is 19.3 Å². The molecule has 2 rings (SSSR count). The molecule has 0 spiro atoms. The van der Waals surface area contributed by atoms with Crippen molar-refractivity contribution in [3.63, 3.8) is 0 Å². The molecule has 0 aliphatic carbocycles. The van der Waals surface area contributed by atoms with Gasteiger partial charge in [-0.2, -0.15) is 0 Å². The second kappa shape index (κ2) is 8.71. The highest BCUT2D eigenvalue weighted by atomic mass is 35.5. The SMILES string of the molecule is COc1cc(C(=O)O)ccc1OCCN1CCOCC1.Cl. The Morgan fingerprint density at radius 2 is 2.05 bits per heavy atom. The van der Waals surface area contributed by atoms with Crippen LogP contribution in [0.2, 0.25) is 0 Å². The molecule has 0 radical (unpaired) electrons. The molecule has 1 fully saturated rings. The molecule has 1 heterocycles. The first-order valence-corrected chi connectivity index (χ1v) is 6.55. The number of carboxylic acids is 1. The van der Waals surface area contributed by atoms with E-state index in [4.69, 9.17) is 19.3 Å². The highest BCUT2D eigenvalue weighted by molar-refractivity contribution is 5.88. The van der Waals surface area contributed by atoms with E-state index in [2.05, 4.69) is 4.90 Å². The Bertz CT molecular complexity index is 463. The molecular weight excluding hydrogens is 298 g/mol. The molecule has 0 unspecified atom stereocenters. The number of rotatable bonds is 6. The first-order chi connectivity index (χ1) is 9.70. The van der Waals surface area contributed by atoms with E-state index < -0.39 is 5.97 Å². The smallest absolute Gasteiger partial charge is 0.335 e. The molecule has 0 amide bonds. The van der Waals surface area contributed by atoms with E-state index in [1.54, 1.807) is 6.07 Å². The molecule has 0 bridgehead atoms. The Kier molecular flexibility index (Phi) is 7.28. The van der Waals surface area contributed by atoms with Gasteiger partial charge in [-0.05, 0) is 18.2 Å². The Morgan fingerprint density at radius 1 is 1.33 bits per heavy atom. The van der Waals surface area contributed by atoms with Crippen molar-refractivity contribution in [2.75, 3.05) is 46.6 Å². The minimum atomic E-state index is -0.983. The number of carbonyl (C=O) groups is 1. The van der Waals surface area contributed by atoms with Crippen molar-refractivity contribution in [2.24, 2.45) is 0 Å². The van der Waals surface area contributed by atoms with Crippen LogP contribution in [0.4, 0.5) is 0 Å². The van der Waals surface area contributed by atoms with Gasteiger partial charge in [-0.3, -0.25) is 4.90 Å². The molecule has 1 aromatic carbocycles. The van der Waals surface area contributed by atoms with E-state index in [1.807, 2.05) is 0 Å². The number of morpholine rings is 1. The van der Waals surface area contributed by atoms with Gasteiger partial charge in [0.15, 0.2) is 11.5 Å². The lowest BCUT2D eigenvalue weighted by atomic mass is 10.2. The van der Waals surface area contributed by atoms with Crippen LogP contribution in [0.3, 0.4) is 0 Å². The monoisotopic (exact) mass is 317 g/mol. The third-order valence-electron chi connectivity index (χ3n) is 3.18. The molecule has 7 heteroatoms. The van der Waals surface area contributed by atoms with Crippen LogP contribution in [0.15, 0.2) is 18.2 Å². The number of methoxy groups -OCH3 is 1. The van der Waals surface area contributed by atoms with Gasteiger partial charge >= 0.3 is 5.97 Å². The van der Waals surface area contributed by atoms with E-state index in [0.717, 1.165) is 32.8 Å². The number of hydrogen-bond acceptors (Lipinski definition) is 5. The minimum absolute atomic E-state index is 0. The van der Waals surface area contributed by atoms with Gasteiger partial charge in [-0.1, -0.05) is 0 Å². The van der Waals surface area contributed by atoms with Crippen molar-refractivity contribution in [3.05, 3.63) is 23.8 Å². The summed E-state index contributed by atoms with van der Waals surface area (Å²) < 4.78 is 16.1. The number of hydrogen-bond donors (Lipinski definition) is 1. The predicted octanol–water partition coefficient (Wildman–Crippen LogP) is 1.53. The van der Waals surface area contributed by atoms with Crippen LogP contribution in [0.5, 0.6) is 11.5 Å². The van der Waals surface area contributed by atoms with E-state index in [1.165, 1.54) is 19.2 Å². The third kappa shape index (κ3) is 5.08. The van der Waals surface area contributed by atoms with Gasteiger partial charge in [0.1, 0.15) is 6.61 Å². The maximum Gasteiger partial charge on any atom is 0.335 e. The van der Waals surface area contributed by atoms with Crippen LogP contribution in [0, 0.1) is 0 Å². The number of benzene rings is 1. The molecule has 1 N–H and O–H groups in total. The Labute approximate surface area is 130 Å². The van der Waals surface area contributed by atoms with Crippen molar-refractivity contribution in [1.29, 1.82) is 0 Å². The summed E-state index contributed by atoms with van der Waals surface area (Å²) in [7, 11) is 1.50. The summed E-state index contributed by atoms with van der Waals surface area (Å²) in [6.07, 6.45) is 0. The molecule has 1 aliphatic heterocycles. The van der Waals surface area contributed by atoms with Gasteiger partial charge in [0.05, 0.1) is 25.9 Å². The number of carboxylic acid groups (broad SMARTS) is 1. The van der Waals surface area contributed by atoms with Crippen molar-refractivity contribution < 1.29 is 24.1 Å². The fourth-order valence-corrected chi connectivity index (χ4v) is 2.03. The number of nitrogens with zero attached hydrogens (tertiary/aromatic N) is 1. The molecule has 21 heavy (non-hydrogen) atoms. The van der Waals surface area contributed by atoms with Crippen molar-refractivity contribution in [3.8, 4) is 11.5 Å². The zero-order valence-corrected chi connectivity index (χ0v) is 12.7. The lowest BCUT2D eigenvalue weighted by molar-refractivity contribution is 0.0321. The van der Waals surface area contributed by atoms with Gasteiger partial charge in [-0.25, -0.2) is 4.79 Å². The van der Waals surface area contributed by atoms with E-state index >= 15 is 0 Å². The molecule has 6 nitrogen and oxygen atoms in total. The van der Waals surface area contributed by atoms with Crippen LogP contribution >= 0.6 is 12.4 Å². The summed E-state index contributed by atoms with van der Waals surface area (Å²) in [6, 6.07) is 4.60. The summed E-state index contributed by atoms with van der Waals surface area (Å²) in [6.45, 7) is 4.69. The third-order valence-corrected chi connectivity index (χ3v) is 3.18. The predicted molar refractivity (Wildman–Crippen MR) is 80.0 cm³/mol. The second-order valence-corrected chi connectivity index (χ2v) is 4.47. The molecule has 118 valence electrons. The lowest BCUT2D eigenvalue weighted by Crippen LogP contribution is -2.38. The van der Waals surface area contributed by atoms with Crippen LogP contribution in [-0.4, -0.2) is 62.5 Å². The summed E-state index contributed by atoms with van der Waals surface area (Å²) in [5.41, 5.74) is 0.183. The normalized spacial score (nSPS) is 15.1. The topological polar surface area (TPSA) is 68.2 Å². The maximum absolute atomic E-state index is 10.9. The van der Waals surface area contributed by atoms with Crippen molar-refractivity contribution in [2.45, 2.75) is 0 Å². The van der Waals surface area contributed by atoms with Gasteiger partial charge in [0.25, 0.3) is 0 Å². The van der Waals surface area contributed by atoms with Crippen LogP contribution < -0.4 is 9.47 Å². The number of halogens is 1. The molecular formula is C14H20ClNO5. The maximum atomic E-state index is 10.9. The lowest BCUT2D eigenvalue weighted by Gasteiger charge is -2.26. The first-order valence-electron chi connectivity index (χ1n) is 6.55. The summed E-state index contributed by atoms with van der Waals surface area (Å²) in [5.74, 6) is 0.0146. The molecule has 0 saturated carbocycles. The zero-order valence-electron chi connectivity index (χ0n) is 11.9. The molecule has 0 atom stereocenters. The fourth-order valence-electron chi connectivity index (χ4n) is 2.03. The number of aromatic carboxylic acids is 1. The van der Waals surface area contributed by atoms with E-state index in [9.17, 15) is 4.79 Å². The highest BCUT2D eigenvalue weighted by Crippen LogP contribution is 2.28. The van der Waals surface area contributed by atoms with Crippen molar-refractivity contribution in [1.82, 2.24) is 4.90 Å². The average molecular weight is 318 g/mol. The average Bonchev–Trinajstić information content (AvgIpc) is 2.48. The fraction of sp³-hybridized carbons (Fsp3) is 0.500. The van der Waals surface area contributed by atoms with E-state index in [-0.39, 0.29) is 18.0 Å². The Hall–Kier alpha value is -1.50. The Morgan fingerprint density at radius 3 is 2.67 bits per heavy atom. The second-order valence-electron chi connectivity index (χ2n) is 4.47. The van der Waals surface area contributed by atoms with E-state index in [0.29, 0.717) is 18.1 Å². The zero-order chi connectivity index (χ0) is 14.4. The minimum Gasteiger partial charge on any atom is -0.493 e. The van der Waals surface area contributed by atoms with Crippen LogP contribution in [-0.2, 0) is 4.74 Å². The summed E-state index contributed by atoms with van der Waals surface area (Å²) in [4.78, 5) is 13.2. The molecule has 1 aliphatic rings. The molecule has 1 aromatic rings. The summed E-state index contributed by atoms with van der Waals surface area (Å²) in [5, 5.41) is 8.93. The highest BCUT2D eigenvalue weighted by Gasteiger charge is 2.12. The standard InChI is InChI=1S/C14H19NO5.ClH/c1-18-13-10-11(14(16)17)2-3-12(13)20-9-6-15-4-7-19-8-5-15;/h2-3,10H,4-9H2,1H3,(H,16,17);1H. The van der Waals surface area contributed by atoms with Gasteiger partial charge in [0.2, 0.25) is 0 Å². The molecule has 1 saturated heterocycles. The van der Waals surface area contributed by atoms with Crippen LogP contribution in [0.25, 0.3) is 0 Å².